The second-order valence-corrected chi connectivity index (χ2v) is 7.06. The lowest BCUT2D eigenvalue weighted by Gasteiger charge is -2.51. The van der Waals surface area contributed by atoms with Gasteiger partial charge in [0.15, 0.2) is 0 Å². The zero-order valence-corrected chi connectivity index (χ0v) is 14.8. The van der Waals surface area contributed by atoms with E-state index in [-0.39, 0.29) is 11.0 Å². The number of hydrogen-bond acceptors (Lipinski definition) is 3. The Balaban J connectivity index is 2.44. The van der Waals surface area contributed by atoms with Gasteiger partial charge in [-0.25, -0.2) is 0 Å². The molecule has 0 aromatic heterocycles. The molecule has 2 rings (SSSR count). The quantitative estimate of drug-likeness (QED) is 0.796. The second kappa shape index (κ2) is 7.01. The highest BCUT2D eigenvalue weighted by Gasteiger charge is 2.50. The molecule has 0 spiro atoms. The maximum absolute atomic E-state index is 6.20. The van der Waals surface area contributed by atoms with Crippen LogP contribution in [-0.2, 0) is 10.2 Å². The van der Waals surface area contributed by atoms with Crippen molar-refractivity contribution in [3.8, 4) is 5.75 Å². The highest BCUT2D eigenvalue weighted by Crippen LogP contribution is 2.47. The van der Waals surface area contributed by atoms with Crippen LogP contribution >= 0.6 is 0 Å². The summed E-state index contributed by atoms with van der Waals surface area (Å²) in [6.07, 6.45) is 6.12. The van der Waals surface area contributed by atoms with E-state index in [2.05, 4.69) is 50.2 Å². The molecule has 1 aromatic carbocycles. The van der Waals surface area contributed by atoms with Crippen LogP contribution in [0.5, 0.6) is 5.75 Å². The van der Waals surface area contributed by atoms with Gasteiger partial charge in [-0.2, -0.15) is 0 Å². The van der Waals surface area contributed by atoms with Crippen molar-refractivity contribution in [1.82, 2.24) is 4.90 Å². The molecule has 0 N–H and O–H groups in total. The van der Waals surface area contributed by atoms with Crippen molar-refractivity contribution in [3.63, 3.8) is 0 Å². The Bertz CT molecular complexity index is 463. The van der Waals surface area contributed by atoms with Gasteiger partial charge in [0.05, 0.1) is 12.7 Å². The topological polar surface area (TPSA) is 21.7 Å². The van der Waals surface area contributed by atoms with Crippen molar-refractivity contribution in [2.45, 2.75) is 50.0 Å². The lowest BCUT2D eigenvalue weighted by atomic mass is 9.62. The van der Waals surface area contributed by atoms with E-state index in [1.54, 1.807) is 7.11 Å². The molecule has 1 aliphatic rings. The van der Waals surface area contributed by atoms with E-state index in [9.17, 15) is 0 Å². The molecule has 0 bridgehead atoms. The summed E-state index contributed by atoms with van der Waals surface area (Å²) in [7, 11) is 7.90. The summed E-state index contributed by atoms with van der Waals surface area (Å²) in [6, 6.07) is 8.54. The molecule has 1 aromatic rings. The Morgan fingerprint density at radius 2 is 1.64 bits per heavy atom. The number of ether oxygens (including phenoxy) is 2. The Hall–Kier alpha value is -1.06. The molecular weight excluding hydrogens is 274 g/mol. The standard InChI is InChI=1S/C19H31NO2/c1-18(15-20(2)3,16-9-11-17(21-4)12-10-16)19(22-5)13-7-6-8-14-19/h9-12H,6-8,13-15H2,1-5H3. The number of rotatable bonds is 6. The highest BCUT2D eigenvalue weighted by molar-refractivity contribution is 5.35. The van der Waals surface area contributed by atoms with Crippen molar-refractivity contribution in [3.05, 3.63) is 29.8 Å². The van der Waals surface area contributed by atoms with Gasteiger partial charge in [0.25, 0.3) is 0 Å². The van der Waals surface area contributed by atoms with Gasteiger partial charge in [0.1, 0.15) is 5.75 Å². The third-order valence-corrected chi connectivity index (χ3v) is 5.42. The molecule has 124 valence electrons. The maximum Gasteiger partial charge on any atom is 0.118 e. The fraction of sp³-hybridized carbons (Fsp3) is 0.684. The van der Waals surface area contributed by atoms with Gasteiger partial charge in [-0.15, -0.1) is 0 Å². The van der Waals surface area contributed by atoms with Crippen LogP contribution in [0.15, 0.2) is 24.3 Å². The minimum Gasteiger partial charge on any atom is -0.497 e. The Kier molecular flexibility index (Phi) is 5.51. The third-order valence-electron chi connectivity index (χ3n) is 5.42. The van der Waals surface area contributed by atoms with Gasteiger partial charge in [-0.3, -0.25) is 0 Å². The van der Waals surface area contributed by atoms with Crippen LogP contribution in [0.3, 0.4) is 0 Å². The summed E-state index contributed by atoms with van der Waals surface area (Å²) in [5, 5.41) is 0. The Morgan fingerprint density at radius 1 is 1.05 bits per heavy atom. The normalized spacial score (nSPS) is 20.6. The molecule has 0 heterocycles. The molecule has 1 fully saturated rings. The number of benzene rings is 1. The van der Waals surface area contributed by atoms with Crippen LogP contribution in [0.1, 0.15) is 44.6 Å². The zero-order chi connectivity index (χ0) is 16.2. The first-order chi connectivity index (χ1) is 10.5. The van der Waals surface area contributed by atoms with Crippen LogP contribution in [-0.4, -0.2) is 45.4 Å². The summed E-state index contributed by atoms with van der Waals surface area (Å²) >= 11 is 0. The van der Waals surface area contributed by atoms with Gasteiger partial charge < -0.3 is 14.4 Å². The molecule has 1 atom stereocenters. The van der Waals surface area contributed by atoms with E-state index in [1.807, 2.05) is 7.11 Å². The number of nitrogens with zero attached hydrogens (tertiary/aromatic N) is 1. The first-order valence-electron chi connectivity index (χ1n) is 8.32. The highest BCUT2D eigenvalue weighted by atomic mass is 16.5. The summed E-state index contributed by atoms with van der Waals surface area (Å²) in [5.41, 5.74) is 1.23. The minimum absolute atomic E-state index is 0.0298. The summed E-state index contributed by atoms with van der Waals surface area (Å²) in [4.78, 5) is 2.28. The minimum atomic E-state index is -0.0793. The molecule has 1 aliphatic carbocycles. The van der Waals surface area contributed by atoms with E-state index in [0.29, 0.717) is 0 Å². The predicted molar refractivity (Wildman–Crippen MR) is 91.7 cm³/mol. The summed E-state index contributed by atoms with van der Waals surface area (Å²) in [6.45, 7) is 3.34. The Morgan fingerprint density at radius 3 is 2.09 bits per heavy atom. The van der Waals surface area contributed by atoms with E-state index in [0.717, 1.165) is 25.1 Å². The van der Waals surface area contributed by atoms with Crippen LogP contribution in [0.25, 0.3) is 0 Å². The van der Waals surface area contributed by atoms with Crippen molar-refractivity contribution in [2.24, 2.45) is 0 Å². The molecule has 0 aliphatic heterocycles. The van der Waals surface area contributed by atoms with Crippen LogP contribution in [0.2, 0.25) is 0 Å². The van der Waals surface area contributed by atoms with E-state index in [1.165, 1.54) is 24.8 Å². The van der Waals surface area contributed by atoms with Crippen molar-refractivity contribution < 1.29 is 9.47 Å². The fourth-order valence-electron chi connectivity index (χ4n) is 4.19. The van der Waals surface area contributed by atoms with Gasteiger partial charge in [0, 0.05) is 19.1 Å². The maximum atomic E-state index is 6.20. The van der Waals surface area contributed by atoms with E-state index < -0.39 is 0 Å². The molecular formula is C19H31NO2. The Labute approximate surface area is 135 Å². The molecule has 1 unspecified atom stereocenters. The molecule has 3 heteroatoms. The van der Waals surface area contributed by atoms with Crippen molar-refractivity contribution >= 4 is 0 Å². The predicted octanol–water partition coefficient (Wildman–Crippen LogP) is 3.86. The zero-order valence-electron chi connectivity index (χ0n) is 14.8. The first-order valence-corrected chi connectivity index (χ1v) is 8.32. The fourth-order valence-corrected chi connectivity index (χ4v) is 4.19. The number of likely N-dealkylation sites (N-methyl/N-ethyl adjacent to an activating group) is 1. The van der Waals surface area contributed by atoms with Crippen LogP contribution < -0.4 is 4.74 Å². The lowest BCUT2D eigenvalue weighted by molar-refractivity contribution is -0.101. The third kappa shape index (κ3) is 3.16. The average molecular weight is 305 g/mol. The second-order valence-electron chi connectivity index (χ2n) is 7.06. The number of methoxy groups -OCH3 is 2. The molecule has 1 saturated carbocycles. The smallest absolute Gasteiger partial charge is 0.118 e. The summed E-state index contributed by atoms with van der Waals surface area (Å²) in [5.74, 6) is 0.908. The van der Waals surface area contributed by atoms with E-state index in [4.69, 9.17) is 9.47 Å². The molecule has 0 radical (unpaired) electrons. The number of hydrogen-bond donors (Lipinski definition) is 0. The molecule has 3 nitrogen and oxygen atoms in total. The van der Waals surface area contributed by atoms with Crippen LogP contribution in [0.4, 0.5) is 0 Å². The van der Waals surface area contributed by atoms with E-state index >= 15 is 0 Å². The van der Waals surface area contributed by atoms with Gasteiger partial charge >= 0.3 is 0 Å². The first kappa shape index (κ1) is 17.3. The largest absolute Gasteiger partial charge is 0.497 e. The van der Waals surface area contributed by atoms with Crippen molar-refractivity contribution in [2.75, 3.05) is 34.9 Å². The molecule has 0 amide bonds. The average Bonchev–Trinajstić information content (AvgIpc) is 2.54. The van der Waals surface area contributed by atoms with Gasteiger partial charge in [-0.1, -0.05) is 38.3 Å². The van der Waals surface area contributed by atoms with Gasteiger partial charge in [0.2, 0.25) is 0 Å². The van der Waals surface area contributed by atoms with Crippen molar-refractivity contribution in [1.29, 1.82) is 0 Å². The summed E-state index contributed by atoms with van der Waals surface area (Å²) < 4.78 is 11.5. The SMILES string of the molecule is COc1ccc(C(C)(CN(C)C)C2(OC)CCCCC2)cc1. The molecule has 0 saturated heterocycles. The van der Waals surface area contributed by atoms with Crippen LogP contribution in [0, 0.1) is 0 Å². The molecule has 22 heavy (non-hydrogen) atoms. The lowest BCUT2D eigenvalue weighted by Crippen LogP contribution is -2.56. The van der Waals surface area contributed by atoms with Gasteiger partial charge in [-0.05, 0) is 44.6 Å². The monoisotopic (exact) mass is 305 g/mol.